The molecule has 130 valence electrons. The lowest BCUT2D eigenvalue weighted by Crippen LogP contribution is -2.48. The van der Waals surface area contributed by atoms with Gasteiger partial charge in [0.25, 0.3) is 0 Å². The van der Waals surface area contributed by atoms with Crippen LogP contribution in [0.15, 0.2) is 28.8 Å². The monoisotopic (exact) mass is 358 g/mol. The summed E-state index contributed by atoms with van der Waals surface area (Å²) in [7, 11) is 0. The zero-order valence-electron chi connectivity index (χ0n) is 14.0. The fourth-order valence-electron chi connectivity index (χ4n) is 3.39. The Morgan fingerprint density at radius 2 is 2.32 bits per heavy atom. The Morgan fingerprint density at radius 3 is 3.08 bits per heavy atom. The molecule has 1 N–H and O–H groups in total. The van der Waals surface area contributed by atoms with Crippen LogP contribution < -0.4 is 5.32 Å². The smallest absolute Gasteiger partial charge is 0.248 e. The second kappa shape index (κ2) is 5.87. The van der Waals surface area contributed by atoms with Crippen molar-refractivity contribution in [3.05, 3.63) is 30.2 Å². The topological polar surface area (TPSA) is 88.3 Å². The number of nitrogens with zero attached hydrogens (tertiary/aromatic N) is 3. The van der Waals surface area contributed by atoms with Crippen molar-refractivity contribution in [2.45, 2.75) is 37.6 Å². The predicted molar refractivity (Wildman–Crippen MR) is 93.8 cm³/mol. The molecule has 2 saturated heterocycles. The van der Waals surface area contributed by atoms with Crippen molar-refractivity contribution >= 4 is 29.3 Å². The number of hydrogen-bond donors (Lipinski definition) is 1. The summed E-state index contributed by atoms with van der Waals surface area (Å²) in [4.78, 5) is 30.6. The van der Waals surface area contributed by atoms with Gasteiger partial charge in [-0.25, -0.2) is 0 Å². The summed E-state index contributed by atoms with van der Waals surface area (Å²) in [6.07, 6.45) is 1.31. The molecule has 0 unspecified atom stereocenters. The van der Waals surface area contributed by atoms with Crippen LogP contribution in [0.25, 0.3) is 11.4 Å². The summed E-state index contributed by atoms with van der Waals surface area (Å²) < 4.78 is 5.00. The van der Waals surface area contributed by atoms with E-state index in [2.05, 4.69) is 15.5 Å². The number of benzene rings is 1. The minimum atomic E-state index is -0.430. The quantitative estimate of drug-likeness (QED) is 0.907. The van der Waals surface area contributed by atoms with Crippen LogP contribution in [0.1, 0.15) is 25.7 Å². The van der Waals surface area contributed by atoms with Gasteiger partial charge in [-0.3, -0.25) is 9.59 Å². The van der Waals surface area contributed by atoms with E-state index in [9.17, 15) is 9.59 Å². The zero-order chi connectivity index (χ0) is 17.6. The lowest BCUT2D eigenvalue weighted by Gasteiger charge is -2.29. The molecule has 2 fully saturated rings. The van der Waals surface area contributed by atoms with Gasteiger partial charge in [-0.05, 0) is 25.5 Å². The molecule has 25 heavy (non-hydrogen) atoms. The molecule has 4 rings (SSSR count). The van der Waals surface area contributed by atoms with E-state index in [0.29, 0.717) is 29.6 Å². The van der Waals surface area contributed by atoms with E-state index in [4.69, 9.17) is 4.52 Å². The SMILES string of the molecule is Cc1nc(-c2cccc(NC(=O)[C@@H]3CS[C@@]4(C)CCC(=O)N34)c2)no1. The van der Waals surface area contributed by atoms with Crippen LogP contribution in [0.3, 0.4) is 0 Å². The maximum Gasteiger partial charge on any atom is 0.248 e. The number of anilines is 1. The average molecular weight is 358 g/mol. The average Bonchev–Trinajstić information content (AvgIpc) is 3.24. The fraction of sp³-hybridized carbons (Fsp3) is 0.412. The third kappa shape index (κ3) is 2.80. The van der Waals surface area contributed by atoms with Crippen LogP contribution in [0.2, 0.25) is 0 Å². The first-order chi connectivity index (χ1) is 12.0. The molecule has 2 aliphatic heterocycles. The fourth-order valence-corrected chi connectivity index (χ4v) is 4.82. The molecule has 0 aliphatic carbocycles. The lowest BCUT2D eigenvalue weighted by atomic mass is 10.1. The standard InChI is InChI=1S/C17H18N4O3S/c1-10-18-15(20-24-10)11-4-3-5-12(8-11)19-16(23)13-9-25-17(2)7-6-14(22)21(13)17/h3-5,8,13H,6-7,9H2,1-2H3,(H,19,23)/t13-,17-/m0/s1. The molecule has 1 aromatic heterocycles. The van der Waals surface area contributed by atoms with E-state index in [-0.39, 0.29) is 16.7 Å². The lowest BCUT2D eigenvalue weighted by molar-refractivity contribution is -0.135. The Kier molecular flexibility index (Phi) is 3.79. The van der Waals surface area contributed by atoms with E-state index < -0.39 is 6.04 Å². The van der Waals surface area contributed by atoms with Gasteiger partial charge >= 0.3 is 0 Å². The molecule has 0 saturated carbocycles. The van der Waals surface area contributed by atoms with Crippen molar-refractivity contribution in [2.75, 3.05) is 11.1 Å². The first-order valence-electron chi connectivity index (χ1n) is 8.14. The zero-order valence-corrected chi connectivity index (χ0v) is 14.8. The van der Waals surface area contributed by atoms with E-state index in [1.165, 1.54) is 0 Å². The Morgan fingerprint density at radius 1 is 1.48 bits per heavy atom. The third-order valence-electron chi connectivity index (χ3n) is 4.66. The van der Waals surface area contributed by atoms with E-state index in [1.54, 1.807) is 35.7 Å². The van der Waals surface area contributed by atoms with Crippen LogP contribution in [0.5, 0.6) is 0 Å². The number of amides is 2. The number of carbonyl (C=O) groups is 2. The molecule has 2 aliphatic rings. The molecule has 0 spiro atoms. The summed E-state index contributed by atoms with van der Waals surface area (Å²) in [6.45, 7) is 3.76. The first-order valence-corrected chi connectivity index (χ1v) is 9.12. The minimum Gasteiger partial charge on any atom is -0.339 e. The summed E-state index contributed by atoms with van der Waals surface area (Å²) in [5, 5.41) is 6.81. The first kappa shape index (κ1) is 16.1. The van der Waals surface area contributed by atoms with Crippen molar-refractivity contribution in [3.8, 4) is 11.4 Å². The Hall–Kier alpha value is -2.35. The molecule has 0 radical (unpaired) electrons. The Labute approximate surface area is 149 Å². The van der Waals surface area contributed by atoms with Crippen LogP contribution in [-0.2, 0) is 9.59 Å². The summed E-state index contributed by atoms with van der Waals surface area (Å²) in [6, 6.07) is 6.86. The second-order valence-electron chi connectivity index (χ2n) is 6.47. The third-order valence-corrected chi connectivity index (χ3v) is 6.17. The molecule has 0 bridgehead atoms. The predicted octanol–water partition coefficient (Wildman–Crippen LogP) is 2.44. The number of fused-ring (bicyclic) bond motifs is 1. The van der Waals surface area contributed by atoms with E-state index >= 15 is 0 Å². The van der Waals surface area contributed by atoms with Crippen molar-refractivity contribution in [2.24, 2.45) is 0 Å². The molecule has 7 nitrogen and oxygen atoms in total. The Balaban J connectivity index is 1.53. The second-order valence-corrected chi connectivity index (χ2v) is 7.97. The van der Waals surface area contributed by atoms with Crippen LogP contribution in [-0.4, -0.2) is 43.5 Å². The number of carbonyl (C=O) groups excluding carboxylic acids is 2. The van der Waals surface area contributed by atoms with Gasteiger partial charge in [0, 0.05) is 30.3 Å². The van der Waals surface area contributed by atoms with Crippen molar-refractivity contribution in [1.29, 1.82) is 0 Å². The van der Waals surface area contributed by atoms with Crippen LogP contribution in [0, 0.1) is 6.92 Å². The molecular weight excluding hydrogens is 340 g/mol. The summed E-state index contributed by atoms with van der Waals surface area (Å²) >= 11 is 1.68. The van der Waals surface area contributed by atoms with Crippen molar-refractivity contribution < 1.29 is 14.1 Å². The molecule has 2 atom stereocenters. The molecule has 8 heteroatoms. The maximum absolute atomic E-state index is 12.7. The highest BCUT2D eigenvalue weighted by molar-refractivity contribution is 8.01. The number of aromatic nitrogens is 2. The van der Waals surface area contributed by atoms with Gasteiger partial charge in [0.1, 0.15) is 6.04 Å². The maximum atomic E-state index is 12.7. The number of nitrogens with one attached hydrogen (secondary N) is 1. The van der Waals surface area contributed by atoms with E-state index in [0.717, 1.165) is 12.0 Å². The number of rotatable bonds is 3. The van der Waals surface area contributed by atoms with Crippen molar-refractivity contribution in [3.63, 3.8) is 0 Å². The molecule has 3 heterocycles. The van der Waals surface area contributed by atoms with Crippen molar-refractivity contribution in [1.82, 2.24) is 15.0 Å². The van der Waals surface area contributed by atoms with E-state index in [1.807, 2.05) is 19.1 Å². The van der Waals surface area contributed by atoms with Crippen LogP contribution in [0.4, 0.5) is 5.69 Å². The molecule has 2 amide bonds. The normalized spacial score (nSPS) is 25.3. The highest BCUT2D eigenvalue weighted by Crippen LogP contribution is 2.47. The van der Waals surface area contributed by atoms with Gasteiger partial charge in [-0.1, -0.05) is 17.3 Å². The summed E-state index contributed by atoms with van der Waals surface area (Å²) in [5.74, 6) is 1.49. The number of thioether (sulfide) groups is 1. The molecular formula is C17H18N4O3S. The van der Waals surface area contributed by atoms with Gasteiger partial charge in [-0.15, -0.1) is 11.8 Å². The van der Waals surface area contributed by atoms with Gasteiger partial charge in [-0.2, -0.15) is 4.98 Å². The minimum absolute atomic E-state index is 0.0590. The summed E-state index contributed by atoms with van der Waals surface area (Å²) in [5.41, 5.74) is 1.41. The highest BCUT2D eigenvalue weighted by Gasteiger charge is 2.52. The molecule has 2 aromatic rings. The number of aryl methyl sites for hydroxylation is 1. The van der Waals surface area contributed by atoms with Gasteiger partial charge < -0.3 is 14.7 Å². The van der Waals surface area contributed by atoms with Gasteiger partial charge in [0.15, 0.2) is 0 Å². The number of hydrogen-bond acceptors (Lipinski definition) is 6. The highest BCUT2D eigenvalue weighted by atomic mass is 32.2. The van der Waals surface area contributed by atoms with Gasteiger partial charge in [0.2, 0.25) is 23.5 Å². The van der Waals surface area contributed by atoms with Gasteiger partial charge in [0.05, 0.1) is 4.87 Å². The Bertz CT molecular complexity index is 852. The largest absolute Gasteiger partial charge is 0.339 e. The molecule has 1 aromatic carbocycles. The van der Waals surface area contributed by atoms with Crippen LogP contribution >= 0.6 is 11.8 Å².